The molecule has 4 nitrogen and oxygen atoms in total. The summed E-state index contributed by atoms with van der Waals surface area (Å²) in [6.07, 6.45) is 0.877. The van der Waals surface area contributed by atoms with Crippen molar-refractivity contribution >= 4 is 41.5 Å². The molecule has 1 heterocycles. The topological polar surface area (TPSA) is 50.8 Å². The quantitative estimate of drug-likeness (QED) is 0.485. The van der Waals surface area contributed by atoms with Crippen molar-refractivity contribution < 1.29 is 4.74 Å². The molecule has 0 aromatic heterocycles. The molecule has 106 valence electrons. The van der Waals surface area contributed by atoms with Gasteiger partial charge in [-0.3, -0.25) is 4.99 Å². The monoisotopic (exact) mass is 395 g/mol. The molecule has 2 rings (SSSR count). The van der Waals surface area contributed by atoms with E-state index in [1.165, 1.54) is 5.56 Å². The van der Waals surface area contributed by atoms with Gasteiger partial charge in [-0.15, -0.1) is 24.0 Å². The molecule has 1 aromatic rings. The maximum Gasteiger partial charge on any atom is 0.191 e. The molecule has 19 heavy (non-hydrogen) atoms. The highest BCUT2D eigenvalue weighted by atomic mass is 127. The predicted molar refractivity (Wildman–Crippen MR) is 89.5 cm³/mol. The number of rotatable bonds is 3. The van der Waals surface area contributed by atoms with Gasteiger partial charge in [0.15, 0.2) is 5.96 Å². The van der Waals surface area contributed by atoms with Gasteiger partial charge in [0.05, 0.1) is 13.2 Å². The Morgan fingerprint density at radius 1 is 1.26 bits per heavy atom. The van der Waals surface area contributed by atoms with Crippen LogP contribution in [0.5, 0.6) is 0 Å². The largest absolute Gasteiger partial charge is 0.378 e. The highest BCUT2D eigenvalue weighted by molar-refractivity contribution is 14.0. The van der Waals surface area contributed by atoms with E-state index in [1.54, 1.807) is 0 Å². The van der Waals surface area contributed by atoms with Crippen LogP contribution in [-0.4, -0.2) is 43.7 Å². The maximum absolute atomic E-state index is 5.94. The minimum atomic E-state index is 0. The first-order valence-corrected chi connectivity index (χ1v) is 6.50. The first-order valence-electron chi connectivity index (χ1n) is 6.13. The second kappa shape index (κ2) is 8.60. The van der Waals surface area contributed by atoms with Crippen molar-refractivity contribution in [2.45, 2.75) is 6.42 Å². The van der Waals surface area contributed by atoms with Crippen molar-refractivity contribution in [1.29, 1.82) is 0 Å². The molecule has 1 aromatic carbocycles. The Hall–Kier alpha value is -0.530. The summed E-state index contributed by atoms with van der Waals surface area (Å²) < 4.78 is 5.27. The zero-order valence-corrected chi connectivity index (χ0v) is 13.8. The van der Waals surface area contributed by atoms with Gasteiger partial charge in [-0.1, -0.05) is 23.7 Å². The van der Waals surface area contributed by atoms with Crippen LogP contribution < -0.4 is 5.73 Å². The SMILES string of the molecule is I.NC(=NCCc1ccc(Cl)cc1)N1CCOCC1. The molecular formula is C13H19ClIN3O. The zero-order valence-electron chi connectivity index (χ0n) is 10.7. The second-order valence-corrected chi connectivity index (χ2v) is 4.65. The molecule has 0 amide bonds. The Labute approximate surface area is 136 Å². The molecule has 0 bridgehead atoms. The zero-order chi connectivity index (χ0) is 12.8. The Kier molecular flexibility index (Phi) is 7.48. The molecule has 1 fully saturated rings. The van der Waals surface area contributed by atoms with Gasteiger partial charge < -0.3 is 15.4 Å². The van der Waals surface area contributed by atoms with Crippen molar-refractivity contribution in [2.75, 3.05) is 32.8 Å². The molecule has 1 aliphatic heterocycles. The number of morpholine rings is 1. The smallest absolute Gasteiger partial charge is 0.191 e. The summed E-state index contributed by atoms with van der Waals surface area (Å²) in [5, 5.41) is 0.759. The van der Waals surface area contributed by atoms with E-state index in [2.05, 4.69) is 9.89 Å². The van der Waals surface area contributed by atoms with Crippen LogP contribution in [0, 0.1) is 0 Å². The number of hydrogen-bond donors (Lipinski definition) is 1. The van der Waals surface area contributed by atoms with E-state index in [1.807, 2.05) is 24.3 Å². The Morgan fingerprint density at radius 3 is 2.53 bits per heavy atom. The molecule has 1 aliphatic rings. The lowest BCUT2D eigenvalue weighted by molar-refractivity contribution is 0.0674. The van der Waals surface area contributed by atoms with E-state index in [9.17, 15) is 0 Å². The van der Waals surface area contributed by atoms with Crippen LogP contribution >= 0.6 is 35.6 Å². The maximum atomic E-state index is 5.94. The number of hydrogen-bond acceptors (Lipinski definition) is 2. The summed E-state index contributed by atoms with van der Waals surface area (Å²) in [7, 11) is 0. The van der Waals surface area contributed by atoms with E-state index in [0.717, 1.165) is 37.7 Å². The van der Waals surface area contributed by atoms with E-state index >= 15 is 0 Å². The fourth-order valence-electron chi connectivity index (χ4n) is 1.84. The lowest BCUT2D eigenvalue weighted by Crippen LogP contribution is -2.44. The van der Waals surface area contributed by atoms with Gasteiger partial charge in [0.25, 0.3) is 0 Å². The van der Waals surface area contributed by atoms with Gasteiger partial charge >= 0.3 is 0 Å². The molecule has 0 aliphatic carbocycles. The second-order valence-electron chi connectivity index (χ2n) is 4.22. The minimum absolute atomic E-state index is 0. The molecule has 0 spiro atoms. The summed E-state index contributed by atoms with van der Waals surface area (Å²) in [4.78, 5) is 6.46. The van der Waals surface area contributed by atoms with E-state index < -0.39 is 0 Å². The number of ether oxygens (including phenoxy) is 1. The van der Waals surface area contributed by atoms with Crippen molar-refractivity contribution in [3.05, 3.63) is 34.9 Å². The lowest BCUT2D eigenvalue weighted by atomic mass is 10.1. The molecule has 0 unspecified atom stereocenters. The van der Waals surface area contributed by atoms with Crippen LogP contribution in [-0.2, 0) is 11.2 Å². The Morgan fingerprint density at radius 2 is 1.89 bits per heavy atom. The van der Waals surface area contributed by atoms with Gasteiger partial charge in [-0.05, 0) is 24.1 Å². The van der Waals surface area contributed by atoms with Crippen LogP contribution in [0.25, 0.3) is 0 Å². The Bertz CT molecular complexity index is 405. The molecule has 6 heteroatoms. The number of halogens is 2. The molecule has 1 saturated heterocycles. The molecular weight excluding hydrogens is 377 g/mol. The average Bonchev–Trinajstić information content (AvgIpc) is 2.42. The van der Waals surface area contributed by atoms with Gasteiger partial charge in [-0.25, -0.2) is 0 Å². The van der Waals surface area contributed by atoms with E-state index in [-0.39, 0.29) is 24.0 Å². The molecule has 0 saturated carbocycles. The number of nitrogens with two attached hydrogens (primary N) is 1. The van der Waals surface area contributed by atoms with E-state index in [4.69, 9.17) is 22.1 Å². The molecule has 0 radical (unpaired) electrons. The number of nitrogens with zero attached hydrogens (tertiary/aromatic N) is 2. The van der Waals surface area contributed by atoms with Gasteiger partial charge in [0.1, 0.15) is 0 Å². The van der Waals surface area contributed by atoms with Crippen LogP contribution in [0.1, 0.15) is 5.56 Å². The standard InChI is InChI=1S/C13H18ClN3O.HI/c14-12-3-1-11(2-4-12)5-6-16-13(15)17-7-9-18-10-8-17;/h1-4H,5-10H2,(H2,15,16);1H. The predicted octanol–water partition coefficient (Wildman–Crippen LogP) is 2.15. The summed E-state index contributed by atoms with van der Waals surface area (Å²) >= 11 is 5.83. The van der Waals surface area contributed by atoms with Crippen LogP contribution in [0.2, 0.25) is 5.02 Å². The first kappa shape index (κ1) is 16.5. The number of benzene rings is 1. The third kappa shape index (κ3) is 5.54. The molecule has 0 atom stereocenters. The van der Waals surface area contributed by atoms with E-state index in [0.29, 0.717) is 12.5 Å². The van der Waals surface area contributed by atoms with Crippen LogP contribution in [0.4, 0.5) is 0 Å². The lowest BCUT2D eigenvalue weighted by Gasteiger charge is -2.27. The normalized spacial score (nSPS) is 16.1. The number of guanidine groups is 1. The van der Waals surface area contributed by atoms with Crippen molar-refractivity contribution in [1.82, 2.24) is 4.90 Å². The number of aliphatic imine (C=N–C) groups is 1. The van der Waals surface area contributed by atoms with Gasteiger partial charge in [0.2, 0.25) is 0 Å². The highest BCUT2D eigenvalue weighted by Crippen LogP contribution is 2.09. The summed E-state index contributed by atoms with van der Waals surface area (Å²) in [6, 6.07) is 7.82. The third-order valence-corrected chi connectivity index (χ3v) is 3.17. The summed E-state index contributed by atoms with van der Waals surface area (Å²) in [6.45, 7) is 3.82. The third-order valence-electron chi connectivity index (χ3n) is 2.92. The average molecular weight is 396 g/mol. The van der Waals surface area contributed by atoms with Gasteiger partial charge in [0, 0.05) is 24.7 Å². The van der Waals surface area contributed by atoms with Crippen LogP contribution in [0.15, 0.2) is 29.3 Å². The first-order chi connectivity index (χ1) is 8.75. The fourth-order valence-corrected chi connectivity index (χ4v) is 1.97. The Balaban J connectivity index is 0.00000180. The van der Waals surface area contributed by atoms with Crippen molar-refractivity contribution in [3.63, 3.8) is 0 Å². The summed E-state index contributed by atoms with van der Waals surface area (Å²) in [5.74, 6) is 0.618. The fraction of sp³-hybridized carbons (Fsp3) is 0.462. The minimum Gasteiger partial charge on any atom is -0.378 e. The van der Waals surface area contributed by atoms with Gasteiger partial charge in [-0.2, -0.15) is 0 Å². The highest BCUT2D eigenvalue weighted by Gasteiger charge is 2.11. The van der Waals surface area contributed by atoms with Crippen LogP contribution in [0.3, 0.4) is 0 Å². The van der Waals surface area contributed by atoms with Crippen molar-refractivity contribution in [3.8, 4) is 0 Å². The molecule has 2 N–H and O–H groups in total. The summed E-state index contributed by atoms with van der Waals surface area (Å²) in [5.41, 5.74) is 7.16. The van der Waals surface area contributed by atoms with Crippen molar-refractivity contribution in [2.24, 2.45) is 10.7 Å².